The molecular weight excluding hydrogens is 238 g/mol. The molecule has 19 heavy (non-hydrogen) atoms. The van der Waals surface area contributed by atoms with E-state index < -0.39 is 6.10 Å². The van der Waals surface area contributed by atoms with Gasteiger partial charge in [0.2, 0.25) is 5.91 Å². The highest BCUT2D eigenvalue weighted by Gasteiger charge is 2.25. The zero-order valence-corrected chi connectivity index (χ0v) is 11.5. The Balaban J connectivity index is 1.97. The van der Waals surface area contributed by atoms with Crippen LogP contribution in [0, 0.1) is 12.8 Å². The van der Waals surface area contributed by atoms with E-state index >= 15 is 0 Å². The van der Waals surface area contributed by atoms with Gasteiger partial charge in [0, 0.05) is 19.2 Å². The van der Waals surface area contributed by atoms with Crippen LogP contribution in [0.15, 0.2) is 30.3 Å². The van der Waals surface area contributed by atoms with Crippen molar-refractivity contribution >= 4 is 12.0 Å². The number of rotatable bonds is 2. The topological polar surface area (TPSA) is 40.5 Å². The molecule has 1 aliphatic heterocycles. The molecule has 0 spiro atoms. The second-order valence-corrected chi connectivity index (χ2v) is 5.37. The van der Waals surface area contributed by atoms with Crippen molar-refractivity contribution in [2.24, 2.45) is 5.92 Å². The lowest BCUT2D eigenvalue weighted by molar-refractivity contribution is -0.130. The summed E-state index contributed by atoms with van der Waals surface area (Å²) in [6, 6.07) is 8.02. The fourth-order valence-corrected chi connectivity index (χ4v) is 2.30. The van der Waals surface area contributed by atoms with Crippen molar-refractivity contribution in [1.82, 2.24) is 4.90 Å². The van der Waals surface area contributed by atoms with E-state index in [4.69, 9.17) is 0 Å². The summed E-state index contributed by atoms with van der Waals surface area (Å²) >= 11 is 0. The summed E-state index contributed by atoms with van der Waals surface area (Å²) in [5, 5.41) is 9.80. The molecule has 1 amide bonds. The zero-order valence-electron chi connectivity index (χ0n) is 11.5. The third kappa shape index (κ3) is 3.67. The van der Waals surface area contributed by atoms with E-state index in [2.05, 4.69) is 0 Å². The molecule has 3 heteroatoms. The van der Waals surface area contributed by atoms with E-state index in [1.165, 1.54) is 5.56 Å². The molecule has 0 radical (unpaired) electrons. The molecule has 2 atom stereocenters. The predicted molar refractivity (Wildman–Crippen MR) is 76.6 cm³/mol. The molecule has 1 aliphatic rings. The van der Waals surface area contributed by atoms with Gasteiger partial charge in [-0.25, -0.2) is 0 Å². The van der Waals surface area contributed by atoms with E-state index in [1.54, 1.807) is 11.0 Å². The van der Waals surface area contributed by atoms with Gasteiger partial charge in [0.15, 0.2) is 0 Å². The number of aliphatic hydroxyl groups is 1. The highest BCUT2D eigenvalue weighted by atomic mass is 16.3. The van der Waals surface area contributed by atoms with Gasteiger partial charge in [-0.1, -0.05) is 36.8 Å². The first kappa shape index (κ1) is 13.8. The molecule has 0 saturated carbocycles. The van der Waals surface area contributed by atoms with Gasteiger partial charge in [0.05, 0.1) is 6.10 Å². The summed E-state index contributed by atoms with van der Waals surface area (Å²) in [5.41, 5.74) is 2.20. The number of carbonyl (C=O) groups is 1. The zero-order chi connectivity index (χ0) is 13.8. The summed E-state index contributed by atoms with van der Waals surface area (Å²) in [6.45, 7) is 5.23. The van der Waals surface area contributed by atoms with Crippen molar-refractivity contribution in [3.8, 4) is 0 Å². The molecular formula is C16H21NO2. The molecule has 2 unspecified atom stereocenters. The van der Waals surface area contributed by atoms with Crippen LogP contribution in [0.25, 0.3) is 6.08 Å². The van der Waals surface area contributed by atoms with Crippen LogP contribution in [0.5, 0.6) is 0 Å². The summed E-state index contributed by atoms with van der Waals surface area (Å²) < 4.78 is 0. The van der Waals surface area contributed by atoms with Crippen LogP contribution >= 0.6 is 0 Å². The molecule has 0 aromatic heterocycles. The molecule has 1 N–H and O–H groups in total. The highest BCUT2D eigenvalue weighted by molar-refractivity contribution is 5.91. The summed E-state index contributed by atoms with van der Waals surface area (Å²) in [5.74, 6) is 0.261. The Bertz CT molecular complexity index is 481. The first-order chi connectivity index (χ1) is 9.06. The number of hydrogen-bond acceptors (Lipinski definition) is 2. The Kier molecular flexibility index (Phi) is 4.38. The third-order valence-electron chi connectivity index (χ3n) is 3.69. The standard InChI is InChI=1S/C16H21NO2/c1-12-4-3-5-14(10-12)6-7-16(19)17-9-8-13(2)15(18)11-17/h3-7,10,13,15,18H,8-9,11H2,1-2H3/b7-6+. The molecule has 1 fully saturated rings. The lowest BCUT2D eigenvalue weighted by Crippen LogP contribution is -2.45. The molecule has 0 aliphatic carbocycles. The molecule has 1 saturated heterocycles. The van der Waals surface area contributed by atoms with Gasteiger partial charge < -0.3 is 10.0 Å². The molecule has 1 aromatic rings. The summed E-state index contributed by atoms with van der Waals surface area (Å²) in [7, 11) is 0. The number of likely N-dealkylation sites (tertiary alicyclic amines) is 1. The highest BCUT2D eigenvalue weighted by Crippen LogP contribution is 2.17. The second-order valence-electron chi connectivity index (χ2n) is 5.37. The Morgan fingerprint density at radius 1 is 1.47 bits per heavy atom. The minimum absolute atomic E-state index is 0.0209. The summed E-state index contributed by atoms with van der Waals surface area (Å²) in [4.78, 5) is 13.8. The smallest absolute Gasteiger partial charge is 0.246 e. The molecule has 2 rings (SSSR count). The number of β-amino-alcohol motifs (C(OH)–C–C–N with tert-alkyl or cyclic N) is 1. The molecule has 1 heterocycles. The second kappa shape index (κ2) is 6.02. The quantitative estimate of drug-likeness (QED) is 0.827. The number of amides is 1. The van der Waals surface area contributed by atoms with E-state index in [0.29, 0.717) is 6.54 Å². The van der Waals surface area contributed by atoms with Crippen LogP contribution in [-0.2, 0) is 4.79 Å². The number of nitrogens with zero attached hydrogens (tertiary/aromatic N) is 1. The Morgan fingerprint density at radius 2 is 2.26 bits per heavy atom. The van der Waals surface area contributed by atoms with E-state index in [1.807, 2.05) is 44.2 Å². The molecule has 1 aromatic carbocycles. The fourth-order valence-electron chi connectivity index (χ4n) is 2.30. The largest absolute Gasteiger partial charge is 0.391 e. The van der Waals surface area contributed by atoms with Crippen LogP contribution in [0.3, 0.4) is 0 Å². The molecule has 3 nitrogen and oxygen atoms in total. The Morgan fingerprint density at radius 3 is 2.95 bits per heavy atom. The number of carbonyl (C=O) groups excluding carboxylic acids is 1. The van der Waals surface area contributed by atoms with Crippen molar-refractivity contribution in [2.45, 2.75) is 26.4 Å². The van der Waals surface area contributed by atoms with Crippen LogP contribution in [-0.4, -0.2) is 35.1 Å². The first-order valence-electron chi connectivity index (χ1n) is 6.78. The van der Waals surface area contributed by atoms with E-state index in [-0.39, 0.29) is 11.8 Å². The number of aryl methyl sites for hydroxylation is 1. The lowest BCUT2D eigenvalue weighted by atomic mass is 9.96. The number of aliphatic hydroxyl groups excluding tert-OH is 1. The van der Waals surface area contributed by atoms with Crippen molar-refractivity contribution in [3.63, 3.8) is 0 Å². The van der Waals surface area contributed by atoms with Crippen LogP contribution < -0.4 is 0 Å². The van der Waals surface area contributed by atoms with E-state index in [9.17, 15) is 9.90 Å². The molecule has 0 bridgehead atoms. The van der Waals surface area contributed by atoms with Crippen LogP contribution in [0.1, 0.15) is 24.5 Å². The monoisotopic (exact) mass is 259 g/mol. The van der Waals surface area contributed by atoms with Crippen LogP contribution in [0.4, 0.5) is 0 Å². The average Bonchev–Trinajstić information content (AvgIpc) is 2.39. The number of piperidine rings is 1. The Labute approximate surface area is 114 Å². The maximum absolute atomic E-state index is 12.0. The van der Waals surface area contributed by atoms with E-state index in [0.717, 1.165) is 18.5 Å². The van der Waals surface area contributed by atoms with Gasteiger partial charge in [0.25, 0.3) is 0 Å². The number of benzene rings is 1. The predicted octanol–water partition coefficient (Wildman–Crippen LogP) is 2.24. The maximum atomic E-state index is 12.0. The lowest BCUT2D eigenvalue weighted by Gasteiger charge is -2.33. The van der Waals surface area contributed by atoms with Crippen molar-refractivity contribution < 1.29 is 9.90 Å². The van der Waals surface area contributed by atoms with Gasteiger partial charge >= 0.3 is 0 Å². The summed E-state index contributed by atoms with van der Waals surface area (Å²) in [6.07, 6.45) is 3.90. The van der Waals surface area contributed by atoms with Gasteiger partial charge in [-0.2, -0.15) is 0 Å². The van der Waals surface area contributed by atoms with Crippen molar-refractivity contribution in [3.05, 3.63) is 41.5 Å². The molecule has 102 valence electrons. The van der Waals surface area contributed by atoms with Gasteiger partial charge in [-0.3, -0.25) is 4.79 Å². The third-order valence-corrected chi connectivity index (χ3v) is 3.69. The fraction of sp³-hybridized carbons (Fsp3) is 0.438. The van der Waals surface area contributed by atoms with Gasteiger partial charge in [0.1, 0.15) is 0 Å². The van der Waals surface area contributed by atoms with Crippen molar-refractivity contribution in [1.29, 1.82) is 0 Å². The average molecular weight is 259 g/mol. The van der Waals surface area contributed by atoms with Crippen LogP contribution in [0.2, 0.25) is 0 Å². The normalized spacial score (nSPS) is 23.8. The Hall–Kier alpha value is -1.61. The maximum Gasteiger partial charge on any atom is 0.246 e. The minimum atomic E-state index is -0.398. The minimum Gasteiger partial charge on any atom is -0.391 e. The SMILES string of the molecule is Cc1cccc(/C=C/C(=O)N2CCC(C)C(O)C2)c1. The van der Waals surface area contributed by atoms with Gasteiger partial charge in [-0.05, 0) is 30.9 Å². The number of hydrogen-bond donors (Lipinski definition) is 1. The van der Waals surface area contributed by atoms with Crippen molar-refractivity contribution in [2.75, 3.05) is 13.1 Å². The first-order valence-corrected chi connectivity index (χ1v) is 6.78. The van der Waals surface area contributed by atoms with Gasteiger partial charge in [-0.15, -0.1) is 0 Å².